The van der Waals surface area contributed by atoms with Gasteiger partial charge in [0.1, 0.15) is 5.82 Å². The Morgan fingerprint density at radius 3 is 2.52 bits per heavy atom. The standard InChI is InChI=1S/C20H23N3OS/c1-14-10-11-25-18(14)19(24)21-17-12-16(20(2,3)4)22-23(17)13-15-8-6-5-7-9-15/h5-12H,13H2,1-4H3,(H,21,24). The largest absolute Gasteiger partial charge is 0.306 e. The van der Waals surface area contributed by atoms with Gasteiger partial charge in [0.25, 0.3) is 5.91 Å². The molecule has 0 saturated carbocycles. The van der Waals surface area contributed by atoms with Crippen LogP contribution in [0.4, 0.5) is 5.82 Å². The van der Waals surface area contributed by atoms with Gasteiger partial charge in [0.05, 0.1) is 17.1 Å². The highest BCUT2D eigenvalue weighted by Gasteiger charge is 2.21. The average molecular weight is 353 g/mol. The maximum absolute atomic E-state index is 12.6. The van der Waals surface area contributed by atoms with E-state index in [2.05, 4.69) is 38.2 Å². The maximum atomic E-state index is 12.6. The zero-order chi connectivity index (χ0) is 18.0. The zero-order valence-electron chi connectivity index (χ0n) is 15.0. The molecule has 130 valence electrons. The molecule has 0 aliphatic heterocycles. The smallest absolute Gasteiger partial charge is 0.267 e. The van der Waals surface area contributed by atoms with Crippen molar-refractivity contribution in [3.05, 3.63) is 69.5 Å². The van der Waals surface area contributed by atoms with Crippen molar-refractivity contribution in [3.8, 4) is 0 Å². The van der Waals surface area contributed by atoms with E-state index in [1.54, 1.807) is 0 Å². The van der Waals surface area contributed by atoms with E-state index < -0.39 is 0 Å². The number of nitrogens with zero attached hydrogens (tertiary/aromatic N) is 2. The first-order valence-corrected chi connectivity index (χ1v) is 9.20. The predicted octanol–water partition coefficient (Wildman–Crippen LogP) is 4.85. The maximum Gasteiger partial charge on any atom is 0.267 e. The molecular formula is C20H23N3OS. The van der Waals surface area contributed by atoms with Gasteiger partial charge < -0.3 is 5.32 Å². The van der Waals surface area contributed by atoms with Crippen LogP contribution in [0.2, 0.25) is 0 Å². The minimum Gasteiger partial charge on any atom is -0.306 e. The molecule has 0 spiro atoms. The number of hydrogen-bond donors (Lipinski definition) is 1. The number of aromatic nitrogens is 2. The van der Waals surface area contributed by atoms with Gasteiger partial charge in [0, 0.05) is 11.5 Å². The molecule has 0 unspecified atom stereocenters. The highest BCUT2D eigenvalue weighted by atomic mass is 32.1. The van der Waals surface area contributed by atoms with Crippen LogP contribution in [0.3, 0.4) is 0 Å². The lowest BCUT2D eigenvalue weighted by molar-refractivity contribution is 0.102. The summed E-state index contributed by atoms with van der Waals surface area (Å²) in [5, 5.41) is 9.71. The second kappa shape index (κ2) is 6.84. The Morgan fingerprint density at radius 1 is 1.20 bits per heavy atom. The molecule has 3 rings (SSSR count). The van der Waals surface area contributed by atoms with E-state index >= 15 is 0 Å². The molecule has 2 heterocycles. The van der Waals surface area contributed by atoms with E-state index in [0.29, 0.717) is 6.54 Å². The third kappa shape index (κ3) is 3.99. The van der Waals surface area contributed by atoms with Crippen molar-refractivity contribution in [1.82, 2.24) is 9.78 Å². The first kappa shape index (κ1) is 17.4. The molecule has 1 N–H and O–H groups in total. The summed E-state index contributed by atoms with van der Waals surface area (Å²) >= 11 is 1.46. The van der Waals surface area contributed by atoms with Gasteiger partial charge in [-0.1, -0.05) is 51.1 Å². The van der Waals surface area contributed by atoms with Crippen LogP contribution in [-0.2, 0) is 12.0 Å². The van der Waals surface area contributed by atoms with Gasteiger partial charge in [-0.25, -0.2) is 4.68 Å². The third-order valence-electron chi connectivity index (χ3n) is 4.03. The monoisotopic (exact) mass is 353 g/mol. The molecule has 4 nitrogen and oxygen atoms in total. The molecule has 1 aromatic carbocycles. The lowest BCUT2D eigenvalue weighted by Crippen LogP contribution is -2.16. The average Bonchev–Trinajstić information content (AvgIpc) is 3.15. The highest BCUT2D eigenvalue weighted by molar-refractivity contribution is 7.12. The zero-order valence-corrected chi connectivity index (χ0v) is 15.9. The molecule has 25 heavy (non-hydrogen) atoms. The van der Waals surface area contributed by atoms with Crippen molar-refractivity contribution in [2.24, 2.45) is 0 Å². The Labute approximate surface area is 152 Å². The molecular weight excluding hydrogens is 330 g/mol. The van der Waals surface area contributed by atoms with Crippen LogP contribution >= 0.6 is 11.3 Å². The summed E-state index contributed by atoms with van der Waals surface area (Å²) in [6.07, 6.45) is 0. The highest BCUT2D eigenvalue weighted by Crippen LogP contribution is 2.26. The second-order valence-corrected chi connectivity index (χ2v) is 8.11. The van der Waals surface area contributed by atoms with Gasteiger partial charge in [-0.2, -0.15) is 5.10 Å². The number of aryl methyl sites for hydroxylation is 1. The van der Waals surface area contributed by atoms with Crippen molar-refractivity contribution < 1.29 is 4.79 Å². The number of hydrogen-bond acceptors (Lipinski definition) is 3. The molecule has 0 fully saturated rings. The minimum absolute atomic E-state index is 0.0813. The Kier molecular flexibility index (Phi) is 4.77. The molecule has 0 bridgehead atoms. The molecule has 0 saturated heterocycles. The third-order valence-corrected chi connectivity index (χ3v) is 5.05. The fourth-order valence-corrected chi connectivity index (χ4v) is 3.36. The normalized spacial score (nSPS) is 11.5. The number of amides is 1. The fourth-order valence-electron chi connectivity index (χ4n) is 2.54. The fraction of sp³-hybridized carbons (Fsp3) is 0.300. The number of thiophene rings is 1. The van der Waals surface area contributed by atoms with Gasteiger partial charge in [-0.15, -0.1) is 11.3 Å². The summed E-state index contributed by atoms with van der Waals surface area (Å²) in [7, 11) is 0. The summed E-state index contributed by atoms with van der Waals surface area (Å²) in [4.78, 5) is 13.4. The number of nitrogens with one attached hydrogen (secondary N) is 1. The first-order chi connectivity index (χ1) is 11.8. The van der Waals surface area contributed by atoms with Crippen LogP contribution < -0.4 is 5.32 Å². The topological polar surface area (TPSA) is 46.9 Å². The molecule has 3 aromatic rings. The van der Waals surface area contributed by atoms with E-state index in [1.807, 2.05) is 47.3 Å². The lowest BCUT2D eigenvalue weighted by atomic mass is 9.92. The second-order valence-electron chi connectivity index (χ2n) is 7.19. The van der Waals surface area contributed by atoms with Crippen molar-refractivity contribution in [2.45, 2.75) is 39.7 Å². The van der Waals surface area contributed by atoms with E-state index in [4.69, 9.17) is 5.10 Å². The lowest BCUT2D eigenvalue weighted by Gasteiger charge is -2.14. The Morgan fingerprint density at radius 2 is 1.92 bits per heavy atom. The number of carbonyl (C=O) groups is 1. The van der Waals surface area contributed by atoms with E-state index in [1.165, 1.54) is 11.3 Å². The van der Waals surface area contributed by atoms with E-state index in [-0.39, 0.29) is 11.3 Å². The molecule has 0 radical (unpaired) electrons. The van der Waals surface area contributed by atoms with Gasteiger partial charge in [-0.3, -0.25) is 4.79 Å². The Bertz CT molecular complexity index is 872. The van der Waals surface area contributed by atoms with Gasteiger partial charge in [0.15, 0.2) is 0 Å². The molecule has 2 aromatic heterocycles. The summed E-state index contributed by atoms with van der Waals surface area (Å²) in [6, 6.07) is 14.1. The summed E-state index contributed by atoms with van der Waals surface area (Å²) < 4.78 is 1.87. The van der Waals surface area contributed by atoms with E-state index in [9.17, 15) is 4.79 Å². The number of carbonyl (C=O) groups excluding carboxylic acids is 1. The van der Waals surface area contributed by atoms with Gasteiger partial charge in [0.2, 0.25) is 0 Å². The van der Waals surface area contributed by atoms with E-state index in [0.717, 1.165) is 27.5 Å². The van der Waals surface area contributed by atoms with Crippen LogP contribution in [0.5, 0.6) is 0 Å². The quantitative estimate of drug-likeness (QED) is 0.729. The number of anilines is 1. The molecule has 1 amide bonds. The minimum atomic E-state index is -0.0831. The van der Waals surface area contributed by atoms with Crippen LogP contribution in [0.1, 0.15) is 47.3 Å². The summed E-state index contributed by atoms with van der Waals surface area (Å²) in [5.74, 6) is 0.647. The van der Waals surface area contributed by atoms with Crippen molar-refractivity contribution in [1.29, 1.82) is 0 Å². The molecule has 0 aliphatic carbocycles. The van der Waals surface area contributed by atoms with Crippen molar-refractivity contribution in [3.63, 3.8) is 0 Å². The SMILES string of the molecule is Cc1ccsc1C(=O)Nc1cc(C(C)(C)C)nn1Cc1ccccc1. The number of rotatable bonds is 4. The summed E-state index contributed by atoms with van der Waals surface area (Å²) in [5.41, 5.74) is 3.02. The summed E-state index contributed by atoms with van der Waals surface area (Å²) in [6.45, 7) is 8.94. The molecule has 5 heteroatoms. The Hall–Kier alpha value is -2.40. The Balaban J connectivity index is 1.92. The predicted molar refractivity (Wildman–Crippen MR) is 103 cm³/mol. The molecule has 0 aliphatic rings. The van der Waals surface area contributed by atoms with Crippen LogP contribution in [0, 0.1) is 6.92 Å². The van der Waals surface area contributed by atoms with Crippen LogP contribution in [-0.4, -0.2) is 15.7 Å². The van der Waals surface area contributed by atoms with Crippen LogP contribution in [0.25, 0.3) is 0 Å². The van der Waals surface area contributed by atoms with Gasteiger partial charge in [-0.05, 0) is 29.5 Å². The molecule has 0 atom stereocenters. The van der Waals surface area contributed by atoms with Gasteiger partial charge >= 0.3 is 0 Å². The van der Waals surface area contributed by atoms with Crippen molar-refractivity contribution >= 4 is 23.1 Å². The first-order valence-electron chi connectivity index (χ1n) is 8.32. The van der Waals surface area contributed by atoms with Crippen molar-refractivity contribution in [2.75, 3.05) is 5.32 Å². The number of benzene rings is 1. The van der Waals surface area contributed by atoms with Crippen LogP contribution in [0.15, 0.2) is 47.8 Å².